The summed E-state index contributed by atoms with van der Waals surface area (Å²) in [6.07, 6.45) is 0. The van der Waals surface area contributed by atoms with Crippen LogP contribution in [0.3, 0.4) is 0 Å². The molecule has 0 atom stereocenters. The van der Waals surface area contributed by atoms with E-state index >= 15 is 0 Å². The number of esters is 1. The van der Waals surface area contributed by atoms with Gasteiger partial charge in [0.05, 0.1) is 35.6 Å². The predicted octanol–water partition coefficient (Wildman–Crippen LogP) is 2.59. The third-order valence-corrected chi connectivity index (χ3v) is 3.14. The third-order valence-electron chi connectivity index (χ3n) is 2.25. The second-order valence-electron chi connectivity index (χ2n) is 3.44. The standard InChI is InChI=1S/C11H10ClN3O2S/c1-17-11(16)7-2-3-9(12)10(4-7)13-5-8-6-18-15-14-8/h2-4,6,13H,5H2,1H3. The van der Waals surface area contributed by atoms with Gasteiger partial charge < -0.3 is 10.1 Å². The summed E-state index contributed by atoms with van der Waals surface area (Å²) in [5.74, 6) is -0.398. The van der Waals surface area contributed by atoms with Crippen molar-refractivity contribution in [2.24, 2.45) is 0 Å². The molecule has 1 aromatic heterocycles. The monoisotopic (exact) mass is 283 g/mol. The van der Waals surface area contributed by atoms with Gasteiger partial charge in [0.2, 0.25) is 0 Å². The maximum absolute atomic E-state index is 11.4. The number of hydrogen-bond donors (Lipinski definition) is 1. The summed E-state index contributed by atoms with van der Waals surface area (Å²) in [5, 5.41) is 9.38. The number of carbonyl (C=O) groups is 1. The van der Waals surface area contributed by atoms with E-state index in [1.54, 1.807) is 18.2 Å². The van der Waals surface area contributed by atoms with E-state index in [0.29, 0.717) is 22.8 Å². The van der Waals surface area contributed by atoms with E-state index in [1.165, 1.54) is 18.6 Å². The minimum atomic E-state index is -0.398. The summed E-state index contributed by atoms with van der Waals surface area (Å²) in [6, 6.07) is 4.91. The minimum absolute atomic E-state index is 0.398. The van der Waals surface area contributed by atoms with Crippen molar-refractivity contribution in [1.29, 1.82) is 0 Å². The first-order valence-electron chi connectivity index (χ1n) is 5.08. The van der Waals surface area contributed by atoms with Crippen molar-refractivity contribution in [1.82, 2.24) is 9.59 Å². The molecule has 7 heteroatoms. The molecule has 1 heterocycles. The normalized spacial score (nSPS) is 10.1. The molecule has 0 fully saturated rings. The number of anilines is 1. The van der Waals surface area contributed by atoms with Gasteiger partial charge in [0, 0.05) is 5.38 Å². The van der Waals surface area contributed by atoms with E-state index in [2.05, 4.69) is 19.6 Å². The number of methoxy groups -OCH3 is 1. The molecular weight excluding hydrogens is 274 g/mol. The molecule has 2 aromatic rings. The molecular formula is C11H10ClN3O2S. The number of nitrogens with one attached hydrogen (secondary N) is 1. The number of aromatic nitrogens is 2. The zero-order valence-corrected chi connectivity index (χ0v) is 11.1. The molecule has 0 spiro atoms. The maximum Gasteiger partial charge on any atom is 0.337 e. The zero-order valence-electron chi connectivity index (χ0n) is 9.51. The second-order valence-corrected chi connectivity index (χ2v) is 4.45. The number of nitrogens with zero attached hydrogens (tertiary/aromatic N) is 2. The topological polar surface area (TPSA) is 64.1 Å². The molecule has 0 radical (unpaired) electrons. The molecule has 0 unspecified atom stereocenters. The van der Waals surface area contributed by atoms with Gasteiger partial charge in [-0.2, -0.15) is 0 Å². The molecule has 0 saturated carbocycles. The van der Waals surface area contributed by atoms with Crippen molar-refractivity contribution in [3.05, 3.63) is 39.9 Å². The molecule has 18 heavy (non-hydrogen) atoms. The molecule has 1 N–H and O–H groups in total. The maximum atomic E-state index is 11.4. The Morgan fingerprint density at radius 2 is 2.39 bits per heavy atom. The molecule has 0 aliphatic rings. The fourth-order valence-corrected chi connectivity index (χ4v) is 1.99. The first-order valence-corrected chi connectivity index (χ1v) is 6.30. The average Bonchev–Trinajstić information content (AvgIpc) is 2.90. The first kappa shape index (κ1) is 12.8. The molecule has 5 nitrogen and oxygen atoms in total. The van der Waals surface area contributed by atoms with Crippen LogP contribution in [0.5, 0.6) is 0 Å². The van der Waals surface area contributed by atoms with E-state index in [4.69, 9.17) is 11.6 Å². The van der Waals surface area contributed by atoms with Crippen molar-refractivity contribution < 1.29 is 9.53 Å². The Hall–Kier alpha value is -1.66. The van der Waals surface area contributed by atoms with Crippen LogP contribution in [-0.2, 0) is 11.3 Å². The largest absolute Gasteiger partial charge is 0.465 e. The van der Waals surface area contributed by atoms with Crippen LogP contribution < -0.4 is 5.32 Å². The van der Waals surface area contributed by atoms with Gasteiger partial charge in [-0.1, -0.05) is 16.1 Å². The van der Waals surface area contributed by atoms with E-state index < -0.39 is 5.97 Å². The highest BCUT2D eigenvalue weighted by molar-refractivity contribution is 7.03. The van der Waals surface area contributed by atoms with Crippen LogP contribution in [0.25, 0.3) is 0 Å². The van der Waals surface area contributed by atoms with Crippen LogP contribution in [0, 0.1) is 0 Å². The molecule has 2 rings (SSSR count). The Morgan fingerprint density at radius 3 is 3.06 bits per heavy atom. The van der Waals surface area contributed by atoms with Crippen molar-refractivity contribution in [2.75, 3.05) is 12.4 Å². The second kappa shape index (κ2) is 5.79. The Morgan fingerprint density at radius 1 is 1.56 bits per heavy atom. The van der Waals surface area contributed by atoms with Crippen LogP contribution in [0.15, 0.2) is 23.6 Å². The lowest BCUT2D eigenvalue weighted by atomic mass is 10.2. The van der Waals surface area contributed by atoms with Gasteiger partial charge in [0.15, 0.2) is 0 Å². The summed E-state index contributed by atoms with van der Waals surface area (Å²) >= 11 is 7.32. The van der Waals surface area contributed by atoms with Gasteiger partial charge in [0.25, 0.3) is 0 Å². The number of ether oxygens (including phenoxy) is 1. The van der Waals surface area contributed by atoms with E-state index in [1.807, 2.05) is 5.38 Å². The number of halogens is 1. The average molecular weight is 284 g/mol. The van der Waals surface area contributed by atoms with Crippen molar-refractivity contribution in [3.8, 4) is 0 Å². The molecule has 1 aromatic carbocycles. The van der Waals surface area contributed by atoms with Crippen LogP contribution >= 0.6 is 23.1 Å². The SMILES string of the molecule is COC(=O)c1ccc(Cl)c(NCc2csnn2)c1. The Balaban J connectivity index is 2.13. The lowest BCUT2D eigenvalue weighted by Gasteiger charge is -2.08. The summed E-state index contributed by atoms with van der Waals surface area (Å²) in [4.78, 5) is 11.4. The van der Waals surface area contributed by atoms with Crippen molar-refractivity contribution in [3.63, 3.8) is 0 Å². The highest BCUT2D eigenvalue weighted by Gasteiger charge is 2.09. The predicted molar refractivity (Wildman–Crippen MR) is 70.0 cm³/mol. The summed E-state index contributed by atoms with van der Waals surface area (Å²) in [7, 11) is 1.34. The van der Waals surface area contributed by atoms with Crippen LogP contribution in [0.1, 0.15) is 16.1 Å². The number of rotatable bonds is 4. The smallest absolute Gasteiger partial charge is 0.337 e. The van der Waals surface area contributed by atoms with Gasteiger partial charge >= 0.3 is 5.97 Å². The Kier molecular flexibility index (Phi) is 4.11. The molecule has 0 aliphatic carbocycles. The van der Waals surface area contributed by atoms with Crippen LogP contribution in [0.2, 0.25) is 5.02 Å². The van der Waals surface area contributed by atoms with Crippen molar-refractivity contribution >= 4 is 34.8 Å². The van der Waals surface area contributed by atoms with E-state index in [9.17, 15) is 4.79 Å². The van der Waals surface area contributed by atoms with Gasteiger partial charge in [0.1, 0.15) is 0 Å². The zero-order chi connectivity index (χ0) is 13.0. The van der Waals surface area contributed by atoms with Crippen LogP contribution in [-0.4, -0.2) is 22.7 Å². The highest BCUT2D eigenvalue weighted by Crippen LogP contribution is 2.23. The van der Waals surface area contributed by atoms with Gasteiger partial charge in [-0.15, -0.1) is 5.10 Å². The fourth-order valence-electron chi connectivity index (χ4n) is 1.35. The molecule has 0 aliphatic heterocycles. The van der Waals surface area contributed by atoms with Gasteiger partial charge in [-0.05, 0) is 29.7 Å². The van der Waals surface area contributed by atoms with E-state index in [-0.39, 0.29) is 0 Å². The molecule has 0 saturated heterocycles. The Bertz CT molecular complexity index is 545. The number of hydrogen-bond acceptors (Lipinski definition) is 6. The first-order chi connectivity index (χ1) is 8.70. The summed E-state index contributed by atoms with van der Waals surface area (Å²) in [5.41, 5.74) is 1.92. The van der Waals surface area contributed by atoms with Gasteiger partial charge in [-0.3, -0.25) is 0 Å². The quantitative estimate of drug-likeness (QED) is 0.874. The van der Waals surface area contributed by atoms with E-state index in [0.717, 1.165) is 5.69 Å². The molecule has 0 bridgehead atoms. The third kappa shape index (κ3) is 2.96. The lowest BCUT2D eigenvalue weighted by molar-refractivity contribution is 0.0601. The lowest BCUT2D eigenvalue weighted by Crippen LogP contribution is -2.04. The number of benzene rings is 1. The van der Waals surface area contributed by atoms with Gasteiger partial charge in [-0.25, -0.2) is 4.79 Å². The van der Waals surface area contributed by atoms with Crippen molar-refractivity contribution in [2.45, 2.75) is 6.54 Å². The van der Waals surface area contributed by atoms with Crippen LogP contribution in [0.4, 0.5) is 5.69 Å². The number of carbonyl (C=O) groups excluding carboxylic acids is 1. The Labute approximate surface area is 113 Å². The molecule has 0 amide bonds. The fraction of sp³-hybridized carbons (Fsp3) is 0.182. The molecule has 94 valence electrons. The summed E-state index contributed by atoms with van der Waals surface area (Å²) < 4.78 is 8.41. The summed E-state index contributed by atoms with van der Waals surface area (Å²) in [6.45, 7) is 0.501. The minimum Gasteiger partial charge on any atom is -0.465 e. The highest BCUT2D eigenvalue weighted by atomic mass is 35.5.